The van der Waals surface area contributed by atoms with Gasteiger partial charge in [0.05, 0.1) is 26.1 Å². The van der Waals surface area contributed by atoms with E-state index in [0.717, 1.165) is 38.5 Å². The van der Waals surface area contributed by atoms with Gasteiger partial charge >= 0.3 is 17.9 Å². The lowest BCUT2D eigenvalue weighted by molar-refractivity contribution is -0.173. The van der Waals surface area contributed by atoms with Gasteiger partial charge in [0, 0.05) is 0 Å². The van der Waals surface area contributed by atoms with Crippen LogP contribution < -0.4 is 0 Å². The first-order valence-electron chi connectivity index (χ1n) is 15.1. The van der Waals surface area contributed by atoms with E-state index in [1.807, 2.05) is 0 Å². The highest BCUT2D eigenvalue weighted by atomic mass is 16.5. The van der Waals surface area contributed by atoms with Gasteiger partial charge in [-0.25, -0.2) is 4.79 Å². The van der Waals surface area contributed by atoms with E-state index < -0.39 is 36.4 Å². The molecule has 0 heterocycles. The van der Waals surface area contributed by atoms with Crippen molar-refractivity contribution in [3.05, 3.63) is 0 Å². The number of aliphatic carboxylic acids is 1. The van der Waals surface area contributed by atoms with Gasteiger partial charge in [0.15, 0.2) is 5.60 Å². The SMILES string of the molecule is CCCCCCCCCCCCCCCCOC(=O)CC(O)(CC(=O)OCCCCCCCC)C(=O)O. The molecule has 0 aliphatic carbocycles. The summed E-state index contributed by atoms with van der Waals surface area (Å²) in [4.78, 5) is 35.6. The first-order valence-corrected chi connectivity index (χ1v) is 15.1. The van der Waals surface area contributed by atoms with Gasteiger partial charge in [-0.3, -0.25) is 9.59 Å². The zero-order chi connectivity index (χ0) is 27.6. The molecular formula is C30H56O7. The Morgan fingerprint density at radius 2 is 0.784 bits per heavy atom. The number of hydrogen-bond donors (Lipinski definition) is 2. The van der Waals surface area contributed by atoms with E-state index in [1.54, 1.807) is 0 Å². The van der Waals surface area contributed by atoms with Crippen LogP contribution in [0.3, 0.4) is 0 Å². The second kappa shape index (κ2) is 24.7. The number of aliphatic hydroxyl groups is 1. The van der Waals surface area contributed by atoms with Crippen molar-refractivity contribution in [3.63, 3.8) is 0 Å². The highest BCUT2D eigenvalue weighted by Crippen LogP contribution is 2.19. The van der Waals surface area contributed by atoms with Gasteiger partial charge in [-0.2, -0.15) is 0 Å². The molecule has 218 valence electrons. The third-order valence-electron chi connectivity index (χ3n) is 6.79. The van der Waals surface area contributed by atoms with Crippen LogP contribution in [0.4, 0.5) is 0 Å². The molecule has 0 saturated heterocycles. The van der Waals surface area contributed by atoms with Crippen molar-refractivity contribution in [1.82, 2.24) is 0 Å². The fraction of sp³-hybridized carbons (Fsp3) is 0.900. The zero-order valence-electron chi connectivity index (χ0n) is 23.9. The van der Waals surface area contributed by atoms with Crippen molar-refractivity contribution in [3.8, 4) is 0 Å². The minimum Gasteiger partial charge on any atom is -0.479 e. The van der Waals surface area contributed by atoms with E-state index in [0.29, 0.717) is 12.8 Å². The zero-order valence-corrected chi connectivity index (χ0v) is 23.9. The molecule has 7 heteroatoms. The minimum absolute atomic E-state index is 0.185. The van der Waals surface area contributed by atoms with Crippen LogP contribution in [0.15, 0.2) is 0 Å². The second-order valence-corrected chi connectivity index (χ2v) is 10.5. The van der Waals surface area contributed by atoms with Crippen LogP contribution in [0.1, 0.15) is 155 Å². The molecule has 1 unspecified atom stereocenters. The van der Waals surface area contributed by atoms with E-state index in [-0.39, 0.29) is 13.2 Å². The van der Waals surface area contributed by atoms with Gasteiger partial charge in [-0.15, -0.1) is 0 Å². The van der Waals surface area contributed by atoms with Crippen LogP contribution in [-0.2, 0) is 23.9 Å². The quantitative estimate of drug-likeness (QED) is 0.0838. The maximum Gasteiger partial charge on any atom is 0.336 e. The molecule has 0 radical (unpaired) electrons. The maximum atomic E-state index is 12.1. The lowest BCUT2D eigenvalue weighted by Gasteiger charge is -2.21. The molecule has 7 nitrogen and oxygen atoms in total. The summed E-state index contributed by atoms with van der Waals surface area (Å²) in [5, 5.41) is 19.7. The van der Waals surface area contributed by atoms with Gasteiger partial charge in [-0.1, -0.05) is 129 Å². The van der Waals surface area contributed by atoms with Gasteiger partial charge < -0.3 is 19.7 Å². The van der Waals surface area contributed by atoms with Gasteiger partial charge in [0.25, 0.3) is 0 Å². The Bertz CT molecular complexity index is 578. The predicted octanol–water partition coefficient (Wildman–Crippen LogP) is 7.51. The number of carboxylic acids is 1. The van der Waals surface area contributed by atoms with E-state index in [4.69, 9.17) is 9.47 Å². The van der Waals surface area contributed by atoms with Gasteiger partial charge in [0.2, 0.25) is 0 Å². The average molecular weight is 529 g/mol. The summed E-state index contributed by atoms with van der Waals surface area (Å²) in [5.41, 5.74) is -2.51. The lowest BCUT2D eigenvalue weighted by atomic mass is 9.96. The Kier molecular flexibility index (Phi) is 23.6. The van der Waals surface area contributed by atoms with Crippen LogP contribution >= 0.6 is 0 Å². The number of hydrogen-bond acceptors (Lipinski definition) is 6. The van der Waals surface area contributed by atoms with Crippen molar-refractivity contribution >= 4 is 17.9 Å². The first-order chi connectivity index (χ1) is 17.9. The lowest BCUT2D eigenvalue weighted by Crippen LogP contribution is -2.43. The Hall–Kier alpha value is -1.63. The molecular weight excluding hydrogens is 472 g/mol. The molecule has 37 heavy (non-hydrogen) atoms. The van der Waals surface area contributed by atoms with Crippen LogP contribution in [0.25, 0.3) is 0 Å². The fourth-order valence-electron chi connectivity index (χ4n) is 4.34. The van der Waals surface area contributed by atoms with Gasteiger partial charge in [0.1, 0.15) is 0 Å². The first kappa shape index (κ1) is 35.4. The molecule has 0 spiro atoms. The van der Waals surface area contributed by atoms with Crippen molar-refractivity contribution in [2.24, 2.45) is 0 Å². The summed E-state index contributed by atoms with van der Waals surface area (Å²) in [5.74, 6) is -3.26. The topological polar surface area (TPSA) is 110 Å². The van der Waals surface area contributed by atoms with E-state index in [9.17, 15) is 24.6 Å². The maximum absolute atomic E-state index is 12.1. The Balaban J connectivity index is 3.83. The summed E-state index contributed by atoms with van der Waals surface area (Å²) in [6.45, 7) is 4.76. The molecule has 0 aromatic rings. The summed E-state index contributed by atoms with van der Waals surface area (Å²) in [7, 11) is 0. The van der Waals surface area contributed by atoms with Crippen molar-refractivity contribution in [1.29, 1.82) is 0 Å². The predicted molar refractivity (Wildman–Crippen MR) is 147 cm³/mol. The van der Waals surface area contributed by atoms with Crippen LogP contribution in [0.2, 0.25) is 0 Å². The van der Waals surface area contributed by atoms with E-state index in [1.165, 1.54) is 77.0 Å². The van der Waals surface area contributed by atoms with Gasteiger partial charge in [-0.05, 0) is 12.8 Å². The molecule has 0 aliphatic heterocycles. The summed E-state index contributed by atoms with van der Waals surface area (Å²) in [6, 6.07) is 0. The largest absolute Gasteiger partial charge is 0.479 e. The second-order valence-electron chi connectivity index (χ2n) is 10.5. The average Bonchev–Trinajstić information content (AvgIpc) is 2.85. The number of unbranched alkanes of at least 4 members (excludes halogenated alkanes) is 18. The number of rotatable bonds is 27. The number of carbonyl (C=O) groups excluding carboxylic acids is 2. The third-order valence-corrected chi connectivity index (χ3v) is 6.79. The van der Waals surface area contributed by atoms with E-state index >= 15 is 0 Å². The number of carbonyl (C=O) groups is 3. The Labute approximate surface area is 226 Å². The monoisotopic (exact) mass is 528 g/mol. The van der Waals surface area contributed by atoms with Crippen molar-refractivity contribution in [2.75, 3.05) is 13.2 Å². The Morgan fingerprint density at radius 1 is 0.514 bits per heavy atom. The minimum atomic E-state index is -2.51. The van der Waals surface area contributed by atoms with Crippen LogP contribution in [0.5, 0.6) is 0 Å². The van der Waals surface area contributed by atoms with Crippen LogP contribution in [0, 0.1) is 0 Å². The van der Waals surface area contributed by atoms with Crippen molar-refractivity contribution in [2.45, 2.75) is 161 Å². The number of ether oxygens (including phenoxy) is 2. The van der Waals surface area contributed by atoms with E-state index in [2.05, 4.69) is 13.8 Å². The highest BCUT2D eigenvalue weighted by Gasteiger charge is 2.42. The highest BCUT2D eigenvalue weighted by molar-refractivity contribution is 5.88. The molecule has 1 atom stereocenters. The summed E-state index contributed by atoms with van der Waals surface area (Å²) < 4.78 is 10.2. The van der Waals surface area contributed by atoms with Crippen LogP contribution in [-0.4, -0.2) is 46.9 Å². The smallest absolute Gasteiger partial charge is 0.336 e. The third kappa shape index (κ3) is 22.1. The normalized spacial score (nSPS) is 12.7. The molecule has 2 N–H and O–H groups in total. The standard InChI is InChI=1S/C30H56O7/c1-3-5-7-9-11-12-13-14-15-16-17-18-20-22-24-37-28(32)26-30(35,29(33)34)25-27(31)36-23-21-19-10-8-6-4-2/h35H,3-26H2,1-2H3,(H,33,34). The number of esters is 2. The molecule has 0 bridgehead atoms. The summed E-state index contributed by atoms with van der Waals surface area (Å²) >= 11 is 0. The molecule has 0 aliphatic rings. The Morgan fingerprint density at radius 3 is 1.05 bits per heavy atom. The molecule has 0 rings (SSSR count). The summed E-state index contributed by atoms with van der Waals surface area (Å²) in [6.07, 6.45) is 21.8. The fourth-order valence-corrected chi connectivity index (χ4v) is 4.34. The molecule has 0 saturated carbocycles. The molecule has 0 aromatic heterocycles. The number of carboxylic acid groups (broad SMARTS) is 1. The van der Waals surface area contributed by atoms with Crippen molar-refractivity contribution < 1.29 is 34.1 Å². The molecule has 0 fully saturated rings. The molecule has 0 amide bonds. The molecule has 0 aromatic carbocycles.